The molecule has 1 amide bonds. The number of ether oxygens (including phenoxy) is 1. The molecule has 0 saturated carbocycles. The Hall–Kier alpha value is -2.70. The molecule has 0 aromatic heterocycles. The number of hydrogen-bond donors (Lipinski definition) is 1. The van der Waals surface area contributed by atoms with Crippen molar-refractivity contribution in [2.75, 3.05) is 37.6 Å². The molecule has 3 saturated heterocycles. The first-order valence-electron chi connectivity index (χ1n) is 13.0. The van der Waals surface area contributed by atoms with Crippen LogP contribution in [0.1, 0.15) is 50.7 Å². The van der Waals surface area contributed by atoms with E-state index in [0.29, 0.717) is 43.6 Å². The van der Waals surface area contributed by atoms with Crippen LogP contribution in [-0.4, -0.2) is 78.0 Å². The second kappa shape index (κ2) is 10.7. The minimum atomic E-state index is -4.68. The fourth-order valence-corrected chi connectivity index (χ4v) is 5.86. The number of anilines is 1. The normalized spacial score (nSPS) is 27.3. The van der Waals surface area contributed by atoms with Gasteiger partial charge in [0, 0.05) is 44.5 Å². The van der Waals surface area contributed by atoms with Gasteiger partial charge in [-0.1, -0.05) is 0 Å². The highest BCUT2D eigenvalue weighted by Gasteiger charge is 2.44. The van der Waals surface area contributed by atoms with Gasteiger partial charge in [-0.25, -0.2) is 4.79 Å². The number of alkyl halides is 6. The summed E-state index contributed by atoms with van der Waals surface area (Å²) >= 11 is 0. The zero-order valence-corrected chi connectivity index (χ0v) is 21.8. The maximum Gasteiger partial charge on any atom is 0.425 e. The molecular formula is C26H33F6N3O4. The van der Waals surface area contributed by atoms with Crippen molar-refractivity contribution in [3.63, 3.8) is 0 Å². The fourth-order valence-electron chi connectivity index (χ4n) is 5.86. The van der Waals surface area contributed by atoms with Gasteiger partial charge in [0.1, 0.15) is 0 Å². The SMILES string of the molecule is CC(OC(=O)N1CCC2CCN(Cc3cc(N4CCCC(C)(C(=O)O)C4)cc(C(F)(F)F)c3)C2C1)C(F)(F)F. The Balaban J connectivity index is 1.52. The van der Waals surface area contributed by atoms with Gasteiger partial charge in [0.2, 0.25) is 0 Å². The lowest BCUT2D eigenvalue weighted by atomic mass is 9.82. The number of likely N-dealkylation sites (tertiary alicyclic amines) is 2. The Morgan fingerprint density at radius 3 is 2.44 bits per heavy atom. The van der Waals surface area contributed by atoms with Crippen LogP contribution in [0.3, 0.4) is 0 Å². The highest BCUT2D eigenvalue weighted by atomic mass is 19.4. The second-order valence-corrected chi connectivity index (χ2v) is 11.2. The molecule has 1 aromatic carbocycles. The van der Waals surface area contributed by atoms with Crippen LogP contribution in [0.4, 0.5) is 36.8 Å². The third-order valence-electron chi connectivity index (χ3n) is 8.24. The number of hydrogen-bond acceptors (Lipinski definition) is 5. The predicted molar refractivity (Wildman–Crippen MR) is 129 cm³/mol. The van der Waals surface area contributed by atoms with E-state index in [1.165, 1.54) is 4.90 Å². The number of fused-ring (bicyclic) bond motifs is 1. The summed E-state index contributed by atoms with van der Waals surface area (Å²) in [4.78, 5) is 29.1. The highest BCUT2D eigenvalue weighted by Crippen LogP contribution is 2.39. The lowest BCUT2D eigenvalue weighted by Gasteiger charge is -2.40. The number of carboxylic acid groups (broad SMARTS) is 1. The first-order valence-corrected chi connectivity index (χ1v) is 13.0. The summed E-state index contributed by atoms with van der Waals surface area (Å²) in [5, 5.41) is 9.64. The van der Waals surface area contributed by atoms with Crippen LogP contribution in [0.2, 0.25) is 0 Å². The molecule has 3 aliphatic rings. The quantitative estimate of drug-likeness (QED) is 0.484. The average molecular weight is 566 g/mol. The number of benzene rings is 1. The molecule has 3 aliphatic heterocycles. The van der Waals surface area contributed by atoms with E-state index in [0.717, 1.165) is 25.5 Å². The molecule has 1 aromatic rings. The fraction of sp³-hybridized carbons (Fsp3) is 0.692. The lowest BCUT2D eigenvalue weighted by molar-refractivity contribution is -0.200. The molecule has 0 radical (unpaired) electrons. The Bertz CT molecular complexity index is 1080. The summed E-state index contributed by atoms with van der Waals surface area (Å²) < 4.78 is 84.7. The molecule has 3 heterocycles. The largest absolute Gasteiger partial charge is 0.481 e. The van der Waals surface area contributed by atoms with Crippen molar-refractivity contribution < 1.29 is 45.8 Å². The molecule has 39 heavy (non-hydrogen) atoms. The van der Waals surface area contributed by atoms with E-state index in [9.17, 15) is 41.0 Å². The zero-order valence-electron chi connectivity index (χ0n) is 21.8. The third kappa shape index (κ3) is 6.55. The van der Waals surface area contributed by atoms with Gasteiger partial charge in [-0.05, 0) is 75.8 Å². The van der Waals surface area contributed by atoms with Crippen LogP contribution >= 0.6 is 0 Å². The number of piperidine rings is 2. The maximum absolute atomic E-state index is 13.8. The van der Waals surface area contributed by atoms with Gasteiger partial charge in [0.25, 0.3) is 0 Å². The molecule has 0 bridgehead atoms. The number of carboxylic acids is 1. The number of halogens is 6. The Morgan fingerprint density at radius 1 is 1.10 bits per heavy atom. The summed E-state index contributed by atoms with van der Waals surface area (Å²) in [5.41, 5.74) is -1.20. The summed E-state index contributed by atoms with van der Waals surface area (Å²) in [6.07, 6.45) is -10.3. The van der Waals surface area contributed by atoms with Crippen molar-refractivity contribution in [1.29, 1.82) is 0 Å². The van der Waals surface area contributed by atoms with Crippen molar-refractivity contribution in [2.45, 2.75) is 70.6 Å². The van der Waals surface area contributed by atoms with E-state index in [1.807, 2.05) is 4.90 Å². The van der Waals surface area contributed by atoms with Crippen LogP contribution in [0, 0.1) is 11.3 Å². The number of rotatable bonds is 5. The number of carbonyl (C=O) groups is 2. The summed E-state index contributed by atoms with van der Waals surface area (Å²) in [7, 11) is 0. The standard InChI is InChI=1S/C26H33F6N3O4/c1-16(25(27,28)29)39-23(38)34-9-5-18-4-8-33(21(18)14-34)13-17-10-19(26(30,31)32)12-20(11-17)35-7-3-6-24(2,15-35)22(36)37/h10-12,16,18,21H,3-9,13-15H2,1-2H3,(H,36,37). The smallest absolute Gasteiger partial charge is 0.425 e. The first kappa shape index (κ1) is 29.3. The van der Waals surface area contributed by atoms with E-state index in [2.05, 4.69) is 4.74 Å². The van der Waals surface area contributed by atoms with E-state index in [-0.39, 0.29) is 38.1 Å². The van der Waals surface area contributed by atoms with Gasteiger partial charge in [-0.15, -0.1) is 0 Å². The van der Waals surface area contributed by atoms with E-state index >= 15 is 0 Å². The first-order chi connectivity index (χ1) is 18.1. The van der Waals surface area contributed by atoms with Crippen LogP contribution in [0.25, 0.3) is 0 Å². The molecule has 4 unspecified atom stereocenters. The minimum absolute atomic E-state index is 0.0882. The van der Waals surface area contributed by atoms with Gasteiger partial charge >= 0.3 is 24.4 Å². The van der Waals surface area contributed by atoms with Crippen LogP contribution in [0.5, 0.6) is 0 Å². The molecule has 13 heteroatoms. The molecule has 4 rings (SSSR count). The lowest BCUT2D eigenvalue weighted by Crippen LogP contribution is -2.51. The molecule has 0 spiro atoms. The van der Waals surface area contributed by atoms with Crippen molar-refractivity contribution >= 4 is 17.7 Å². The molecule has 4 atom stereocenters. The van der Waals surface area contributed by atoms with Crippen molar-refractivity contribution in [2.24, 2.45) is 11.3 Å². The molecule has 7 nitrogen and oxygen atoms in total. The Morgan fingerprint density at radius 2 is 1.79 bits per heavy atom. The summed E-state index contributed by atoms with van der Waals surface area (Å²) in [6, 6.07) is 3.55. The number of carbonyl (C=O) groups excluding carboxylic acids is 1. The summed E-state index contributed by atoms with van der Waals surface area (Å²) in [6.45, 7) is 3.99. The van der Waals surface area contributed by atoms with Crippen molar-refractivity contribution in [3.05, 3.63) is 29.3 Å². The van der Waals surface area contributed by atoms with Crippen molar-refractivity contribution in [1.82, 2.24) is 9.80 Å². The van der Waals surface area contributed by atoms with Gasteiger partial charge in [-0.2, -0.15) is 26.3 Å². The van der Waals surface area contributed by atoms with Crippen molar-refractivity contribution in [3.8, 4) is 0 Å². The van der Waals surface area contributed by atoms with E-state index < -0.39 is 41.5 Å². The van der Waals surface area contributed by atoms with E-state index in [1.54, 1.807) is 17.9 Å². The number of nitrogens with zero attached hydrogens (tertiary/aromatic N) is 3. The predicted octanol–water partition coefficient (Wildman–Crippen LogP) is 5.38. The van der Waals surface area contributed by atoms with Gasteiger partial charge in [0.15, 0.2) is 6.10 Å². The van der Waals surface area contributed by atoms with Crippen LogP contribution in [0.15, 0.2) is 18.2 Å². The minimum Gasteiger partial charge on any atom is -0.481 e. The van der Waals surface area contributed by atoms with E-state index in [4.69, 9.17) is 0 Å². The van der Waals surface area contributed by atoms with Gasteiger partial charge in [0.05, 0.1) is 11.0 Å². The highest BCUT2D eigenvalue weighted by molar-refractivity contribution is 5.75. The zero-order chi connectivity index (χ0) is 28.8. The Labute approximate surface area is 222 Å². The molecule has 218 valence electrons. The van der Waals surface area contributed by atoms with Crippen LogP contribution in [-0.2, 0) is 22.3 Å². The Kier molecular flexibility index (Phi) is 8.04. The third-order valence-corrected chi connectivity index (χ3v) is 8.24. The van der Waals surface area contributed by atoms with Gasteiger partial charge < -0.3 is 19.6 Å². The second-order valence-electron chi connectivity index (χ2n) is 11.2. The molecule has 1 N–H and O–H groups in total. The van der Waals surface area contributed by atoms with Crippen LogP contribution < -0.4 is 4.90 Å². The van der Waals surface area contributed by atoms with Gasteiger partial charge in [-0.3, -0.25) is 9.69 Å². The topological polar surface area (TPSA) is 73.3 Å². The number of amides is 1. The maximum atomic E-state index is 13.8. The summed E-state index contributed by atoms with van der Waals surface area (Å²) in [5.74, 6) is -0.828. The number of aliphatic carboxylic acids is 1. The average Bonchev–Trinajstić information content (AvgIpc) is 3.24. The molecular weight excluding hydrogens is 532 g/mol. The molecule has 0 aliphatic carbocycles. The molecule has 3 fully saturated rings. The monoisotopic (exact) mass is 565 g/mol.